The number of nitrogens with zero attached hydrogens (tertiary/aromatic N) is 1. The zero-order valence-electron chi connectivity index (χ0n) is 25.7. The molecule has 1 aromatic heterocycles. The van der Waals surface area contributed by atoms with Crippen LogP contribution < -0.4 is 26.6 Å². The molecule has 0 bridgehead atoms. The molecule has 3 aromatic carbocycles. The van der Waals surface area contributed by atoms with Gasteiger partial charge in [-0.05, 0) is 86.2 Å². The van der Waals surface area contributed by atoms with Gasteiger partial charge in [0.1, 0.15) is 22.7 Å². The Kier molecular flexibility index (Phi) is 9.08. The van der Waals surface area contributed by atoms with Gasteiger partial charge in [0.15, 0.2) is 0 Å². The molecule has 0 aliphatic carbocycles. The molecule has 4 aromatic rings. The zero-order valence-corrected chi connectivity index (χ0v) is 25.7. The number of benzene rings is 3. The van der Waals surface area contributed by atoms with Gasteiger partial charge < -0.3 is 25.1 Å². The summed E-state index contributed by atoms with van der Waals surface area (Å²) < 4.78 is 27.0. The summed E-state index contributed by atoms with van der Waals surface area (Å²) in [5.41, 5.74) is 3.07. The Balaban J connectivity index is 1.66. The van der Waals surface area contributed by atoms with Crippen molar-refractivity contribution < 1.29 is 23.5 Å². The summed E-state index contributed by atoms with van der Waals surface area (Å²) in [5.74, 6) is -0.930. The predicted octanol–water partition coefficient (Wildman–Crippen LogP) is 5.45. The fourth-order valence-electron chi connectivity index (χ4n) is 4.82. The van der Waals surface area contributed by atoms with E-state index in [9.17, 15) is 19.2 Å². The van der Waals surface area contributed by atoms with E-state index in [1.807, 2.05) is 38.1 Å². The van der Waals surface area contributed by atoms with Crippen molar-refractivity contribution >= 4 is 17.7 Å². The molecule has 0 unspecified atom stereocenters. The summed E-state index contributed by atoms with van der Waals surface area (Å²) in [5, 5.41) is 5.34. The van der Waals surface area contributed by atoms with Gasteiger partial charge in [-0.25, -0.2) is 14.0 Å². The molecular formula is C33H35FN4O6. The van der Waals surface area contributed by atoms with Gasteiger partial charge in [-0.1, -0.05) is 30.3 Å². The van der Waals surface area contributed by atoms with Crippen molar-refractivity contribution in [2.75, 3.05) is 12.4 Å². The second-order valence-corrected chi connectivity index (χ2v) is 11.3. The smallest absolute Gasteiger partial charge is 0.407 e. The highest BCUT2D eigenvalue weighted by molar-refractivity contribution is 6.04. The van der Waals surface area contributed by atoms with Crippen LogP contribution in [-0.2, 0) is 18.3 Å². The van der Waals surface area contributed by atoms with Crippen molar-refractivity contribution in [2.45, 2.75) is 46.8 Å². The molecule has 11 heteroatoms. The number of halogens is 1. The van der Waals surface area contributed by atoms with Gasteiger partial charge in [-0.2, -0.15) is 0 Å². The van der Waals surface area contributed by atoms with E-state index in [2.05, 4.69) is 15.6 Å². The number of methoxy groups -OCH3 is 1. The number of hydrogen-bond acceptors (Lipinski definition) is 6. The molecule has 0 aliphatic rings. The number of aromatic nitrogens is 2. The third-order valence-corrected chi connectivity index (χ3v) is 7.12. The minimum Gasteiger partial charge on any atom is -0.496 e. The highest BCUT2D eigenvalue weighted by Gasteiger charge is 2.20. The number of rotatable bonds is 7. The number of aromatic amines is 1. The molecule has 10 nitrogen and oxygen atoms in total. The van der Waals surface area contributed by atoms with Crippen molar-refractivity contribution in [3.05, 3.63) is 104 Å². The highest BCUT2D eigenvalue weighted by Crippen LogP contribution is 2.37. The number of H-pyrrole nitrogens is 1. The van der Waals surface area contributed by atoms with Gasteiger partial charge in [0.2, 0.25) is 0 Å². The Morgan fingerprint density at radius 1 is 0.977 bits per heavy atom. The lowest BCUT2D eigenvalue weighted by atomic mass is 9.90. The van der Waals surface area contributed by atoms with Crippen molar-refractivity contribution in [3.63, 3.8) is 0 Å². The van der Waals surface area contributed by atoms with E-state index in [0.717, 1.165) is 38.6 Å². The van der Waals surface area contributed by atoms with Gasteiger partial charge in [-0.15, -0.1) is 0 Å². The first-order chi connectivity index (χ1) is 20.7. The standard InChI is InChI=1S/C33H35FN4O6/c1-18-21(20-14-26(34)24(28(15-20)43-7)16-36-32(42)44-33(3,4)5)10-8-11-22(18)23-12-9-13-27(19(23)2)37-29(39)25-17-35-31(41)38(6)30(25)40/h8-15,17H,16H2,1-7H3,(H,35,41)(H,36,42)(H,37,39). The van der Waals surface area contributed by atoms with Crippen LogP contribution in [0.25, 0.3) is 22.3 Å². The van der Waals surface area contributed by atoms with Crippen LogP contribution >= 0.6 is 0 Å². The average molecular weight is 603 g/mol. The molecule has 0 saturated carbocycles. The van der Waals surface area contributed by atoms with Crippen molar-refractivity contribution in [1.82, 2.24) is 14.9 Å². The maximum absolute atomic E-state index is 15.4. The summed E-state index contributed by atoms with van der Waals surface area (Å²) in [6.07, 6.45) is 0.431. The molecule has 2 amide bonds. The second kappa shape index (κ2) is 12.6. The molecule has 0 aliphatic heterocycles. The Bertz CT molecular complexity index is 1870. The van der Waals surface area contributed by atoms with Crippen LogP contribution in [-0.4, -0.2) is 34.3 Å². The first-order valence-electron chi connectivity index (χ1n) is 13.8. The van der Waals surface area contributed by atoms with E-state index in [1.165, 1.54) is 20.2 Å². The topological polar surface area (TPSA) is 132 Å². The van der Waals surface area contributed by atoms with Gasteiger partial charge in [-0.3, -0.25) is 14.2 Å². The van der Waals surface area contributed by atoms with Gasteiger partial charge in [0.25, 0.3) is 11.5 Å². The number of anilines is 1. The monoisotopic (exact) mass is 602 g/mol. The maximum atomic E-state index is 15.4. The summed E-state index contributed by atoms with van der Waals surface area (Å²) in [4.78, 5) is 51.6. The van der Waals surface area contributed by atoms with E-state index in [0.29, 0.717) is 11.3 Å². The molecule has 44 heavy (non-hydrogen) atoms. The molecule has 0 radical (unpaired) electrons. The third kappa shape index (κ3) is 6.72. The fourth-order valence-corrected chi connectivity index (χ4v) is 4.82. The lowest BCUT2D eigenvalue weighted by molar-refractivity contribution is 0.0522. The minimum absolute atomic E-state index is 0.119. The van der Waals surface area contributed by atoms with Crippen molar-refractivity contribution in [3.8, 4) is 28.0 Å². The summed E-state index contributed by atoms with van der Waals surface area (Å²) in [7, 11) is 2.72. The summed E-state index contributed by atoms with van der Waals surface area (Å²) in [6.45, 7) is 8.87. The van der Waals surface area contributed by atoms with Crippen LogP contribution in [0.5, 0.6) is 5.75 Å². The van der Waals surface area contributed by atoms with Gasteiger partial charge in [0, 0.05) is 24.5 Å². The fraction of sp³-hybridized carbons (Fsp3) is 0.273. The number of carbonyl (C=O) groups excluding carboxylic acids is 2. The molecule has 0 spiro atoms. The normalized spacial score (nSPS) is 11.2. The Morgan fingerprint density at radius 2 is 1.61 bits per heavy atom. The third-order valence-electron chi connectivity index (χ3n) is 7.12. The first kappa shape index (κ1) is 31.7. The van der Waals surface area contributed by atoms with Gasteiger partial charge in [0.05, 0.1) is 13.7 Å². The molecule has 0 fully saturated rings. The van der Waals surface area contributed by atoms with E-state index in [4.69, 9.17) is 9.47 Å². The van der Waals surface area contributed by atoms with Crippen molar-refractivity contribution in [2.24, 2.45) is 7.05 Å². The maximum Gasteiger partial charge on any atom is 0.407 e. The molecular weight excluding hydrogens is 567 g/mol. The molecule has 3 N–H and O–H groups in total. The number of amides is 2. The van der Waals surface area contributed by atoms with E-state index < -0.39 is 34.7 Å². The summed E-state index contributed by atoms with van der Waals surface area (Å²) >= 11 is 0. The Labute approximate surface area is 253 Å². The number of nitrogens with one attached hydrogen (secondary N) is 3. The van der Waals surface area contributed by atoms with Crippen molar-refractivity contribution in [1.29, 1.82) is 0 Å². The van der Waals surface area contributed by atoms with Crippen LogP contribution in [0.3, 0.4) is 0 Å². The minimum atomic E-state index is -0.710. The molecule has 0 atom stereocenters. The molecule has 1 heterocycles. The largest absolute Gasteiger partial charge is 0.496 e. The lowest BCUT2D eigenvalue weighted by Crippen LogP contribution is -2.37. The quantitative estimate of drug-likeness (QED) is 0.258. The number of alkyl carbamates (subject to hydrolysis) is 1. The molecule has 0 saturated heterocycles. The van der Waals surface area contributed by atoms with E-state index in [1.54, 1.807) is 39.0 Å². The van der Waals surface area contributed by atoms with Crippen LogP contribution in [0.1, 0.15) is 47.8 Å². The van der Waals surface area contributed by atoms with Gasteiger partial charge >= 0.3 is 11.8 Å². The second-order valence-electron chi connectivity index (χ2n) is 11.3. The van der Waals surface area contributed by atoms with Crippen LogP contribution in [0.4, 0.5) is 14.9 Å². The Morgan fingerprint density at radius 3 is 2.27 bits per heavy atom. The number of ether oxygens (including phenoxy) is 2. The summed E-state index contributed by atoms with van der Waals surface area (Å²) in [6, 6.07) is 14.2. The van der Waals surface area contributed by atoms with E-state index >= 15 is 4.39 Å². The average Bonchev–Trinajstić information content (AvgIpc) is 2.95. The Hall–Kier alpha value is -5.19. The number of hydrogen-bond donors (Lipinski definition) is 3. The zero-order chi connectivity index (χ0) is 32.3. The number of carbonyl (C=O) groups is 2. The van der Waals surface area contributed by atoms with E-state index in [-0.39, 0.29) is 23.4 Å². The van der Waals surface area contributed by atoms with Crippen LogP contribution in [0.15, 0.2) is 64.3 Å². The van der Waals surface area contributed by atoms with Crippen LogP contribution in [0, 0.1) is 19.7 Å². The lowest BCUT2D eigenvalue weighted by Gasteiger charge is -2.20. The molecule has 4 rings (SSSR count). The first-order valence-corrected chi connectivity index (χ1v) is 13.8. The highest BCUT2D eigenvalue weighted by atomic mass is 19.1. The molecule has 230 valence electrons. The van der Waals surface area contributed by atoms with Crippen LogP contribution in [0.2, 0.25) is 0 Å². The predicted molar refractivity (Wildman–Crippen MR) is 167 cm³/mol. The SMILES string of the molecule is COc1cc(-c2cccc(-c3cccc(NC(=O)c4c[nH]c(=O)n(C)c4=O)c3C)c2C)cc(F)c1CNC(=O)OC(C)(C)C.